The molecule has 1 heterocycles. The van der Waals surface area contributed by atoms with E-state index >= 15 is 0 Å². The minimum absolute atomic E-state index is 0.266. The zero-order valence-corrected chi connectivity index (χ0v) is 16.9. The fourth-order valence-corrected chi connectivity index (χ4v) is 4.20. The maximum atomic E-state index is 11.1. The van der Waals surface area contributed by atoms with Crippen LogP contribution in [0.3, 0.4) is 0 Å². The van der Waals surface area contributed by atoms with Gasteiger partial charge in [-0.2, -0.15) is 0 Å². The second kappa shape index (κ2) is 7.94. The van der Waals surface area contributed by atoms with Crippen LogP contribution in [0.25, 0.3) is 11.3 Å². The Labute approximate surface area is 174 Å². The van der Waals surface area contributed by atoms with Gasteiger partial charge in [0.15, 0.2) is 0 Å². The minimum atomic E-state index is -0.317. The molecule has 3 nitrogen and oxygen atoms in total. The van der Waals surface area contributed by atoms with Crippen molar-refractivity contribution in [1.82, 2.24) is 4.98 Å². The summed E-state index contributed by atoms with van der Waals surface area (Å²) in [6.07, 6.45) is 4.25. The van der Waals surface area contributed by atoms with Crippen LogP contribution in [0.2, 0.25) is 10.0 Å². The number of pyridine rings is 1. The summed E-state index contributed by atoms with van der Waals surface area (Å²) >= 11 is 12.6. The second-order valence-electron chi connectivity index (χ2n) is 7.21. The molecular weight excluding hydrogens is 391 g/mol. The predicted octanol–water partition coefficient (Wildman–Crippen LogP) is 5.16. The lowest BCUT2D eigenvalue weighted by atomic mass is 9.96. The number of aryl methyl sites for hydroxylation is 1. The highest BCUT2D eigenvalue weighted by atomic mass is 35.5. The molecule has 1 aromatic heterocycles. The van der Waals surface area contributed by atoms with E-state index in [9.17, 15) is 4.79 Å². The van der Waals surface area contributed by atoms with Crippen molar-refractivity contribution in [2.24, 2.45) is 5.73 Å². The maximum absolute atomic E-state index is 11.1. The zero-order valence-electron chi connectivity index (χ0n) is 15.3. The number of aromatic nitrogens is 1. The number of carbonyl (C=O) groups is 1. The Morgan fingerprint density at radius 1 is 1.00 bits per heavy atom. The summed E-state index contributed by atoms with van der Waals surface area (Å²) in [5.41, 5.74) is 12.9. The Kier molecular flexibility index (Phi) is 5.38. The van der Waals surface area contributed by atoms with Crippen LogP contribution in [0.4, 0.5) is 0 Å². The molecule has 0 aliphatic heterocycles. The van der Waals surface area contributed by atoms with E-state index in [1.54, 1.807) is 6.07 Å². The van der Waals surface area contributed by atoms with E-state index in [4.69, 9.17) is 33.9 Å². The molecule has 0 unspecified atom stereocenters. The van der Waals surface area contributed by atoms with E-state index in [0.717, 1.165) is 48.2 Å². The van der Waals surface area contributed by atoms with Gasteiger partial charge in [0.05, 0.1) is 17.1 Å². The number of halogens is 2. The summed E-state index contributed by atoms with van der Waals surface area (Å²) in [7, 11) is 0. The molecule has 0 bridgehead atoms. The van der Waals surface area contributed by atoms with E-state index < -0.39 is 0 Å². The number of hydrogen-bond donors (Lipinski definition) is 1. The fourth-order valence-electron chi connectivity index (χ4n) is 3.81. The topological polar surface area (TPSA) is 56.0 Å². The van der Waals surface area contributed by atoms with Gasteiger partial charge in [0.25, 0.3) is 0 Å². The second-order valence-corrected chi connectivity index (χ2v) is 8.05. The van der Waals surface area contributed by atoms with Gasteiger partial charge in [-0.15, -0.1) is 0 Å². The summed E-state index contributed by atoms with van der Waals surface area (Å²) in [5, 5.41) is 1.30. The fraction of sp³-hybridized carbons (Fsp3) is 0.217. The van der Waals surface area contributed by atoms with Crippen molar-refractivity contribution in [2.75, 3.05) is 0 Å². The molecule has 0 fully saturated rings. The maximum Gasteiger partial charge on any atom is 0.221 e. The number of nitrogens with zero attached hydrogens (tertiary/aromatic N) is 1. The van der Waals surface area contributed by atoms with Gasteiger partial charge in [0.2, 0.25) is 5.91 Å². The molecule has 1 aliphatic carbocycles. The first-order chi connectivity index (χ1) is 13.5. The lowest BCUT2D eigenvalue weighted by Crippen LogP contribution is -2.13. The van der Waals surface area contributed by atoms with Gasteiger partial charge < -0.3 is 5.73 Å². The molecule has 142 valence electrons. The molecular formula is C23H20Cl2N2O. The molecule has 0 spiro atoms. The van der Waals surface area contributed by atoms with Crippen molar-refractivity contribution in [3.8, 4) is 11.3 Å². The number of rotatable bonds is 5. The summed E-state index contributed by atoms with van der Waals surface area (Å²) in [6, 6.07) is 15.7. The van der Waals surface area contributed by atoms with Gasteiger partial charge in [-0.25, -0.2) is 0 Å². The van der Waals surface area contributed by atoms with Gasteiger partial charge >= 0.3 is 0 Å². The largest absolute Gasteiger partial charge is 0.369 e. The average Bonchev–Trinajstić information content (AvgIpc) is 3.14. The molecule has 1 aliphatic rings. The standard InChI is InChI=1S/C23H20Cl2N2O/c24-17-8-9-20(25)19(13-17)22-12-16(18-2-1-3-21(18)27-22)10-14-4-6-15(7-5-14)11-23(26)28/h4-9,12-13H,1-3,10-11H2,(H2,26,28). The minimum Gasteiger partial charge on any atom is -0.369 e. The van der Waals surface area contributed by atoms with Gasteiger partial charge in [-0.05, 0) is 72.2 Å². The van der Waals surface area contributed by atoms with Crippen molar-refractivity contribution in [2.45, 2.75) is 32.1 Å². The molecule has 5 heteroatoms. The molecule has 1 amide bonds. The van der Waals surface area contributed by atoms with Crippen molar-refractivity contribution in [3.05, 3.63) is 86.5 Å². The monoisotopic (exact) mass is 410 g/mol. The van der Waals surface area contributed by atoms with Crippen LogP contribution in [0, 0.1) is 0 Å². The summed E-state index contributed by atoms with van der Waals surface area (Å²) < 4.78 is 0. The molecule has 28 heavy (non-hydrogen) atoms. The Bertz CT molecular complexity index is 1050. The number of amides is 1. The van der Waals surface area contributed by atoms with Crippen LogP contribution in [0.5, 0.6) is 0 Å². The highest BCUT2D eigenvalue weighted by molar-refractivity contribution is 6.35. The van der Waals surface area contributed by atoms with Crippen LogP contribution < -0.4 is 5.73 Å². The van der Waals surface area contributed by atoms with Gasteiger partial charge in [0, 0.05) is 16.3 Å². The van der Waals surface area contributed by atoms with E-state index in [-0.39, 0.29) is 12.3 Å². The average molecular weight is 411 g/mol. The van der Waals surface area contributed by atoms with Crippen LogP contribution in [0.1, 0.15) is 34.4 Å². The number of carbonyl (C=O) groups excluding carboxylic acids is 1. The van der Waals surface area contributed by atoms with Gasteiger partial charge in [-0.1, -0.05) is 47.5 Å². The molecule has 4 rings (SSSR count). The van der Waals surface area contributed by atoms with Crippen LogP contribution in [-0.4, -0.2) is 10.9 Å². The quantitative estimate of drug-likeness (QED) is 0.630. The predicted molar refractivity (Wildman–Crippen MR) is 114 cm³/mol. The van der Waals surface area contributed by atoms with Crippen LogP contribution in [0.15, 0.2) is 48.5 Å². The smallest absolute Gasteiger partial charge is 0.221 e. The molecule has 0 radical (unpaired) electrons. The third-order valence-corrected chi connectivity index (χ3v) is 5.71. The first-order valence-electron chi connectivity index (χ1n) is 9.33. The van der Waals surface area contributed by atoms with Crippen molar-refractivity contribution in [1.29, 1.82) is 0 Å². The number of hydrogen-bond acceptors (Lipinski definition) is 2. The molecule has 0 saturated carbocycles. The van der Waals surface area contributed by atoms with Crippen LogP contribution >= 0.6 is 23.2 Å². The SMILES string of the molecule is NC(=O)Cc1ccc(Cc2cc(-c3cc(Cl)ccc3Cl)nc3c2CCC3)cc1. The van der Waals surface area contributed by atoms with Crippen molar-refractivity contribution in [3.63, 3.8) is 0 Å². The highest BCUT2D eigenvalue weighted by Crippen LogP contribution is 2.34. The lowest BCUT2D eigenvalue weighted by molar-refractivity contribution is -0.117. The van der Waals surface area contributed by atoms with E-state index in [1.807, 2.05) is 24.3 Å². The number of fused-ring (bicyclic) bond motifs is 1. The first-order valence-corrected chi connectivity index (χ1v) is 10.1. The Morgan fingerprint density at radius 3 is 2.50 bits per heavy atom. The third kappa shape index (κ3) is 4.06. The Morgan fingerprint density at radius 2 is 1.75 bits per heavy atom. The highest BCUT2D eigenvalue weighted by Gasteiger charge is 2.19. The Hall–Kier alpha value is -2.36. The third-order valence-electron chi connectivity index (χ3n) is 5.14. The number of benzene rings is 2. The molecule has 3 aromatic rings. The number of nitrogens with two attached hydrogens (primary N) is 1. The first kappa shape index (κ1) is 19.0. The summed E-state index contributed by atoms with van der Waals surface area (Å²) in [5.74, 6) is -0.317. The van der Waals surface area contributed by atoms with Gasteiger partial charge in [-0.3, -0.25) is 9.78 Å². The zero-order chi connectivity index (χ0) is 19.7. The molecule has 2 aromatic carbocycles. The van der Waals surface area contributed by atoms with Gasteiger partial charge in [0.1, 0.15) is 0 Å². The molecule has 0 saturated heterocycles. The Balaban J connectivity index is 1.70. The molecule has 0 atom stereocenters. The normalized spacial score (nSPS) is 12.8. The summed E-state index contributed by atoms with van der Waals surface area (Å²) in [4.78, 5) is 16.0. The van der Waals surface area contributed by atoms with E-state index in [2.05, 4.69) is 18.2 Å². The number of primary amides is 1. The van der Waals surface area contributed by atoms with E-state index in [0.29, 0.717) is 10.0 Å². The van der Waals surface area contributed by atoms with Crippen molar-refractivity contribution >= 4 is 29.1 Å². The lowest BCUT2D eigenvalue weighted by Gasteiger charge is -2.13. The van der Waals surface area contributed by atoms with Crippen molar-refractivity contribution < 1.29 is 4.79 Å². The molecule has 2 N–H and O–H groups in total. The summed E-state index contributed by atoms with van der Waals surface area (Å²) in [6.45, 7) is 0. The van der Waals surface area contributed by atoms with E-state index in [1.165, 1.54) is 16.7 Å². The van der Waals surface area contributed by atoms with Crippen LogP contribution in [-0.2, 0) is 30.5 Å².